The van der Waals surface area contributed by atoms with E-state index in [1.807, 2.05) is 48.7 Å². The Hall–Kier alpha value is -1.54. The van der Waals surface area contributed by atoms with Crippen LogP contribution in [0.4, 0.5) is 0 Å². The molecule has 0 saturated carbocycles. The van der Waals surface area contributed by atoms with Gasteiger partial charge in [-0.2, -0.15) is 0 Å². The van der Waals surface area contributed by atoms with Crippen LogP contribution in [0.15, 0.2) is 59.9 Å². The van der Waals surface area contributed by atoms with Crippen LogP contribution in [0.3, 0.4) is 0 Å². The molecule has 0 amide bonds. The van der Waals surface area contributed by atoms with Crippen LogP contribution in [0.5, 0.6) is 0 Å². The van der Waals surface area contributed by atoms with Crippen molar-refractivity contribution in [3.8, 4) is 0 Å². The molecule has 1 aromatic rings. The van der Waals surface area contributed by atoms with Crippen LogP contribution in [0.2, 0.25) is 0 Å². The zero-order valence-electron chi connectivity index (χ0n) is 7.55. The Balaban J connectivity index is 0.000000980. The summed E-state index contributed by atoms with van der Waals surface area (Å²) in [5, 5.41) is 3.10. The normalized spacial score (nSPS) is 13.6. The molecule has 0 bridgehead atoms. The van der Waals surface area contributed by atoms with Gasteiger partial charge in [0.1, 0.15) is 5.84 Å². The highest BCUT2D eigenvalue weighted by Crippen LogP contribution is 2.01. The monoisotopic (exact) mass is 206 g/mol. The SMILES string of the molecule is C1=CN=C(c2ccccc2)NC=C1.Cl. The number of rotatable bonds is 1. The van der Waals surface area contributed by atoms with Crippen LogP contribution >= 0.6 is 12.4 Å². The third-order valence-electron chi connectivity index (χ3n) is 1.76. The number of aliphatic imine (C=N–C) groups is 1. The number of hydrogen-bond acceptors (Lipinski definition) is 2. The highest BCUT2D eigenvalue weighted by Gasteiger charge is 1.98. The van der Waals surface area contributed by atoms with Gasteiger partial charge in [0.2, 0.25) is 0 Å². The minimum atomic E-state index is 0. The zero-order valence-corrected chi connectivity index (χ0v) is 8.37. The lowest BCUT2D eigenvalue weighted by Gasteiger charge is -2.03. The topological polar surface area (TPSA) is 24.4 Å². The van der Waals surface area contributed by atoms with E-state index in [2.05, 4.69) is 10.3 Å². The predicted octanol–water partition coefficient (Wildman–Crippen LogP) is 2.49. The minimum absolute atomic E-state index is 0. The van der Waals surface area contributed by atoms with E-state index in [1.165, 1.54) is 0 Å². The first-order valence-corrected chi connectivity index (χ1v) is 4.18. The van der Waals surface area contributed by atoms with Gasteiger partial charge >= 0.3 is 0 Å². The average molecular weight is 207 g/mol. The molecule has 1 heterocycles. The molecule has 0 aliphatic carbocycles. The van der Waals surface area contributed by atoms with Gasteiger partial charge in [-0.3, -0.25) is 0 Å². The fourth-order valence-corrected chi connectivity index (χ4v) is 1.14. The lowest BCUT2D eigenvalue weighted by Crippen LogP contribution is -2.17. The van der Waals surface area contributed by atoms with Crippen LogP contribution in [0, 0.1) is 0 Å². The fourth-order valence-electron chi connectivity index (χ4n) is 1.14. The molecule has 1 aliphatic rings. The summed E-state index contributed by atoms with van der Waals surface area (Å²) in [5.41, 5.74) is 1.10. The Labute approximate surface area is 89.5 Å². The van der Waals surface area contributed by atoms with Crippen LogP contribution in [0.25, 0.3) is 0 Å². The van der Waals surface area contributed by atoms with Gasteiger partial charge in [-0.1, -0.05) is 30.3 Å². The van der Waals surface area contributed by atoms with Crippen molar-refractivity contribution in [3.05, 3.63) is 60.4 Å². The Morgan fingerprint density at radius 2 is 1.79 bits per heavy atom. The predicted molar refractivity (Wildman–Crippen MR) is 61.6 cm³/mol. The molecule has 2 rings (SSSR count). The molecule has 0 radical (unpaired) electrons. The van der Waals surface area contributed by atoms with Crippen molar-refractivity contribution in [1.29, 1.82) is 0 Å². The number of nitrogens with zero attached hydrogens (tertiary/aromatic N) is 1. The van der Waals surface area contributed by atoms with Crippen LogP contribution < -0.4 is 5.32 Å². The van der Waals surface area contributed by atoms with E-state index in [4.69, 9.17) is 0 Å². The maximum atomic E-state index is 4.26. The quantitative estimate of drug-likeness (QED) is 0.750. The van der Waals surface area contributed by atoms with Gasteiger partial charge in [0.25, 0.3) is 0 Å². The number of amidine groups is 1. The van der Waals surface area contributed by atoms with Crippen molar-refractivity contribution in [2.45, 2.75) is 0 Å². The molecule has 0 spiro atoms. The molecular formula is C11H11ClN2. The van der Waals surface area contributed by atoms with Gasteiger partial charge in [0, 0.05) is 18.0 Å². The summed E-state index contributed by atoms with van der Waals surface area (Å²) in [7, 11) is 0. The van der Waals surface area contributed by atoms with E-state index < -0.39 is 0 Å². The van der Waals surface area contributed by atoms with Crippen molar-refractivity contribution >= 4 is 18.2 Å². The fraction of sp³-hybridized carbons (Fsp3) is 0. The first-order valence-electron chi connectivity index (χ1n) is 4.18. The second-order valence-electron chi connectivity index (χ2n) is 2.69. The summed E-state index contributed by atoms with van der Waals surface area (Å²) in [4.78, 5) is 4.26. The standard InChI is InChI=1S/C11H10N2.ClH/c1-2-6-10(7-3-1)11-12-8-4-5-9-13-11;/h1-9H,(H,12,13);1H. The Bertz CT molecular complexity index is 366. The van der Waals surface area contributed by atoms with Gasteiger partial charge < -0.3 is 5.32 Å². The number of hydrogen-bond donors (Lipinski definition) is 1. The lowest BCUT2D eigenvalue weighted by molar-refractivity contribution is 1.26. The van der Waals surface area contributed by atoms with Crippen LogP contribution in [0.1, 0.15) is 5.56 Å². The van der Waals surface area contributed by atoms with E-state index in [9.17, 15) is 0 Å². The molecule has 0 unspecified atom stereocenters. The van der Waals surface area contributed by atoms with Gasteiger partial charge in [0.05, 0.1) is 0 Å². The Morgan fingerprint density at radius 1 is 1.00 bits per heavy atom. The van der Waals surface area contributed by atoms with Crippen molar-refractivity contribution in [2.24, 2.45) is 4.99 Å². The zero-order chi connectivity index (χ0) is 8.93. The minimum Gasteiger partial charge on any atom is -0.346 e. The van der Waals surface area contributed by atoms with E-state index >= 15 is 0 Å². The molecule has 0 saturated heterocycles. The maximum absolute atomic E-state index is 4.26. The molecule has 1 N–H and O–H groups in total. The summed E-state index contributed by atoms with van der Waals surface area (Å²) < 4.78 is 0. The average Bonchev–Trinajstić information content (AvgIpc) is 2.47. The van der Waals surface area contributed by atoms with Gasteiger partial charge in [-0.15, -0.1) is 12.4 Å². The number of allylic oxidation sites excluding steroid dienone is 2. The summed E-state index contributed by atoms with van der Waals surface area (Å²) in [6.45, 7) is 0. The van der Waals surface area contributed by atoms with Crippen LogP contribution in [-0.4, -0.2) is 5.84 Å². The van der Waals surface area contributed by atoms with E-state index in [0.717, 1.165) is 11.4 Å². The highest BCUT2D eigenvalue weighted by atomic mass is 35.5. The smallest absolute Gasteiger partial charge is 0.137 e. The molecule has 2 nitrogen and oxygen atoms in total. The molecule has 1 aliphatic heterocycles. The maximum Gasteiger partial charge on any atom is 0.137 e. The van der Waals surface area contributed by atoms with Crippen molar-refractivity contribution in [1.82, 2.24) is 5.32 Å². The van der Waals surface area contributed by atoms with E-state index in [-0.39, 0.29) is 12.4 Å². The second-order valence-corrected chi connectivity index (χ2v) is 2.69. The largest absolute Gasteiger partial charge is 0.346 e. The lowest BCUT2D eigenvalue weighted by atomic mass is 10.2. The van der Waals surface area contributed by atoms with Gasteiger partial charge in [0.15, 0.2) is 0 Å². The van der Waals surface area contributed by atoms with E-state index in [1.54, 1.807) is 6.20 Å². The molecular weight excluding hydrogens is 196 g/mol. The summed E-state index contributed by atoms with van der Waals surface area (Å²) in [5.74, 6) is 0.880. The summed E-state index contributed by atoms with van der Waals surface area (Å²) in [6.07, 6.45) is 7.45. The van der Waals surface area contributed by atoms with Crippen LogP contribution in [-0.2, 0) is 0 Å². The first-order chi connectivity index (χ1) is 6.47. The molecule has 0 fully saturated rings. The molecule has 0 aromatic heterocycles. The molecule has 0 atom stereocenters. The number of benzene rings is 1. The van der Waals surface area contributed by atoms with Gasteiger partial charge in [-0.05, 0) is 12.2 Å². The van der Waals surface area contributed by atoms with Crippen molar-refractivity contribution < 1.29 is 0 Å². The molecule has 3 heteroatoms. The molecule has 14 heavy (non-hydrogen) atoms. The van der Waals surface area contributed by atoms with Crippen molar-refractivity contribution in [2.75, 3.05) is 0 Å². The third-order valence-corrected chi connectivity index (χ3v) is 1.76. The number of halogens is 1. The number of nitrogens with one attached hydrogen (secondary N) is 1. The van der Waals surface area contributed by atoms with Crippen molar-refractivity contribution in [3.63, 3.8) is 0 Å². The second kappa shape index (κ2) is 5.25. The first kappa shape index (κ1) is 10.5. The molecule has 1 aromatic carbocycles. The Kier molecular flexibility index (Phi) is 3.95. The van der Waals surface area contributed by atoms with E-state index in [0.29, 0.717) is 0 Å². The third kappa shape index (κ3) is 2.47. The van der Waals surface area contributed by atoms with Gasteiger partial charge in [-0.25, -0.2) is 4.99 Å². The Morgan fingerprint density at radius 3 is 2.57 bits per heavy atom. The molecule has 72 valence electrons. The summed E-state index contributed by atoms with van der Waals surface area (Å²) in [6, 6.07) is 10.0. The highest BCUT2D eigenvalue weighted by molar-refractivity contribution is 5.99. The summed E-state index contributed by atoms with van der Waals surface area (Å²) >= 11 is 0.